The van der Waals surface area contributed by atoms with Gasteiger partial charge in [0.1, 0.15) is 0 Å². The van der Waals surface area contributed by atoms with Gasteiger partial charge in [0.05, 0.1) is 19.8 Å². The van der Waals surface area contributed by atoms with Crippen LogP contribution in [0.5, 0.6) is 0 Å². The number of rotatable bonds is 7. The summed E-state index contributed by atoms with van der Waals surface area (Å²) in [5, 5.41) is 0. The largest absolute Gasteiger partial charge is 0.326 e. The van der Waals surface area contributed by atoms with Crippen LogP contribution in [-0.2, 0) is 14.2 Å². The van der Waals surface area contributed by atoms with Gasteiger partial charge in [-0.15, -0.1) is 0 Å². The standard InChI is InChI=1S/C28H37F3O3/c1-2-3-4-13-27-16-32-28(33-17-27,34-18-27)23-11-9-20(10-12-23)19-5-7-21(8-6-19)22-14-24(29)26(31)25(30)15-22/h7,14-15,19-20,23H,2-6,8-13,16-18H2,1H3. The highest BCUT2D eigenvalue weighted by Crippen LogP contribution is 2.50. The lowest BCUT2D eigenvalue weighted by atomic mass is 9.70. The molecule has 2 aliphatic carbocycles. The fraction of sp³-hybridized carbons (Fsp3) is 0.714. The Bertz CT molecular complexity index is 859. The van der Waals surface area contributed by atoms with Crippen LogP contribution in [0, 0.1) is 40.6 Å². The highest BCUT2D eigenvalue weighted by Gasteiger charge is 2.56. The summed E-state index contributed by atoms with van der Waals surface area (Å²) in [6, 6.07) is 2.23. The summed E-state index contributed by atoms with van der Waals surface area (Å²) in [6.45, 7) is 4.47. The molecule has 2 bridgehead atoms. The number of allylic oxidation sites excluding steroid dienone is 2. The lowest BCUT2D eigenvalue weighted by Crippen LogP contribution is -2.63. The zero-order valence-electron chi connectivity index (χ0n) is 20.2. The van der Waals surface area contributed by atoms with Gasteiger partial charge < -0.3 is 14.2 Å². The van der Waals surface area contributed by atoms with Crippen LogP contribution >= 0.6 is 0 Å². The van der Waals surface area contributed by atoms with E-state index < -0.39 is 23.4 Å². The average Bonchev–Trinajstić information content (AvgIpc) is 2.88. The normalized spacial score (nSPS) is 35.9. The van der Waals surface area contributed by atoms with Crippen molar-refractivity contribution in [1.29, 1.82) is 0 Å². The molecule has 0 amide bonds. The van der Waals surface area contributed by atoms with E-state index in [0.29, 0.717) is 17.4 Å². The topological polar surface area (TPSA) is 27.7 Å². The molecule has 0 N–H and O–H groups in total. The van der Waals surface area contributed by atoms with Crippen LogP contribution in [0.2, 0.25) is 0 Å². The second-order valence-corrected chi connectivity index (χ2v) is 11.1. The van der Waals surface area contributed by atoms with Gasteiger partial charge >= 0.3 is 0 Å². The molecule has 5 aliphatic rings. The summed E-state index contributed by atoms with van der Waals surface area (Å²) >= 11 is 0. The smallest absolute Gasteiger partial charge is 0.285 e. The van der Waals surface area contributed by atoms with Gasteiger partial charge in [-0.3, -0.25) is 0 Å². The Morgan fingerprint density at radius 2 is 1.50 bits per heavy atom. The van der Waals surface area contributed by atoms with E-state index >= 15 is 0 Å². The number of unbranched alkanes of at least 4 members (excludes halogenated alkanes) is 2. The Kier molecular flexibility index (Phi) is 7.12. The van der Waals surface area contributed by atoms with Crippen molar-refractivity contribution in [2.45, 2.75) is 83.5 Å². The molecule has 4 fully saturated rings. The maximum absolute atomic E-state index is 13.6. The van der Waals surface area contributed by atoms with Gasteiger partial charge in [-0.25, -0.2) is 13.2 Å². The summed E-state index contributed by atoms with van der Waals surface area (Å²) in [6.07, 6.45) is 13.9. The van der Waals surface area contributed by atoms with Crippen LogP contribution in [0.25, 0.3) is 5.57 Å². The molecule has 3 aliphatic heterocycles. The SMILES string of the molecule is CCCCCC12COC(C3CCC(C4CC=C(c5cc(F)c(F)c(F)c5)CC4)CC3)(OC1)OC2. The van der Waals surface area contributed by atoms with E-state index in [4.69, 9.17) is 14.2 Å². The average molecular weight is 479 g/mol. The second-order valence-electron chi connectivity index (χ2n) is 11.1. The van der Waals surface area contributed by atoms with Gasteiger partial charge in [-0.2, -0.15) is 0 Å². The van der Waals surface area contributed by atoms with Gasteiger partial charge in [-0.05, 0) is 86.5 Å². The van der Waals surface area contributed by atoms with E-state index in [1.54, 1.807) is 0 Å². The second kappa shape index (κ2) is 9.94. The third kappa shape index (κ3) is 4.70. The number of benzene rings is 1. The molecule has 3 nitrogen and oxygen atoms in total. The van der Waals surface area contributed by atoms with Crippen LogP contribution < -0.4 is 0 Å². The van der Waals surface area contributed by atoms with Crippen LogP contribution in [-0.4, -0.2) is 25.8 Å². The number of hydrogen-bond acceptors (Lipinski definition) is 3. The highest BCUT2D eigenvalue weighted by molar-refractivity contribution is 5.66. The van der Waals surface area contributed by atoms with Crippen molar-refractivity contribution in [3.63, 3.8) is 0 Å². The lowest BCUT2D eigenvalue weighted by Gasteiger charge is -2.55. The molecule has 0 radical (unpaired) electrons. The number of halogens is 3. The molecular formula is C28H37F3O3. The van der Waals surface area contributed by atoms with Crippen LogP contribution in [0.15, 0.2) is 18.2 Å². The van der Waals surface area contributed by atoms with Gasteiger partial charge in [0.25, 0.3) is 5.97 Å². The van der Waals surface area contributed by atoms with Crippen molar-refractivity contribution in [1.82, 2.24) is 0 Å². The molecule has 6 rings (SSSR count). The lowest BCUT2D eigenvalue weighted by molar-refractivity contribution is -0.488. The summed E-state index contributed by atoms with van der Waals surface area (Å²) < 4.78 is 59.4. The Labute approximate surface area is 201 Å². The van der Waals surface area contributed by atoms with Crippen molar-refractivity contribution in [2.75, 3.05) is 19.8 Å². The number of ether oxygens (including phenoxy) is 3. The predicted octanol–water partition coefficient (Wildman–Crippen LogP) is 7.39. The third-order valence-electron chi connectivity index (χ3n) is 8.79. The maximum atomic E-state index is 13.6. The fourth-order valence-electron chi connectivity index (χ4n) is 6.56. The fourth-order valence-corrected chi connectivity index (χ4v) is 6.56. The zero-order valence-corrected chi connectivity index (χ0v) is 20.2. The molecule has 3 heterocycles. The monoisotopic (exact) mass is 478 g/mol. The van der Waals surface area contributed by atoms with Crippen LogP contribution in [0.1, 0.15) is 83.1 Å². The minimum absolute atomic E-state index is 0.0383. The Morgan fingerprint density at radius 1 is 0.853 bits per heavy atom. The van der Waals surface area contributed by atoms with Gasteiger partial charge in [-0.1, -0.05) is 32.3 Å². The van der Waals surface area contributed by atoms with E-state index in [2.05, 4.69) is 13.0 Å². The molecule has 6 heteroatoms. The summed E-state index contributed by atoms with van der Waals surface area (Å²) in [5.74, 6) is -3.00. The Hall–Kier alpha value is -1.37. The quantitative estimate of drug-likeness (QED) is 0.302. The van der Waals surface area contributed by atoms with E-state index in [1.165, 1.54) is 19.3 Å². The zero-order chi connectivity index (χ0) is 23.8. The van der Waals surface area contributed by atoms with Gasteiger partial charge in [0.2, 0.25) is 0 Å². The molecule has 0 aromatic heterocycles. The van der Waals surface area contributed by atoms with E-state index in [1.807, 2.05) is 0 Å². The first-order chi connectivity index (χ1) is 16.4. The molecular weight excluding hydrogens is 441 g/mol. The molecule has 34 heavy (non-hydrogen) atoms. The van der Waals surface area contributed by atoms with E-state index in [0.717, 1.165) is 88.9 Å². The number of hydrogen-bond donors (Lipinski definition) is 0. The predicted molar refractivity (Wildman–Crippen MR) is 124 cm³/mol. The first kappa shape index (κ1) is 24.3. The molecule has 188 valence electrons. The van der Waals surface area contributed by atoms with Crippen LogP contribution in [0.3, 0.4) is 0 Å². The first-order valence-corrected chi connectivity index (χ1v) is 13.2. The molecule has 1 unspecified atom stereocenters. The third-order valence-corrected chi connectivity index (χ3v) is 8.79. The molecule has 0 spiro atoms. The van der Waals surface area contributed by atoms with Gasteiger partial charge in [0, 0.05) is 11.3 Å². The minimum Gasteiger partial charge on any atom is -0.326 e. The highest BCUT2D eigenvalue weighted by atomic mass is 19.2. The number of fused-ring (bicyclic) bond motifs is 3. The Balaban J connectivity index is 1.13. The van der Waals surface area contributed by atoms with Crippen molar-refractivity contribution in [2.24, 2.45) is 23.2 Å². The minimum atomic E-state index is -1.40. The molecule has 1 aromatic rings. The molecule has 1 atom stereocenters. The summed E-state index contributed by atoms with van der Waals surface area (Å²) in [7, 11) is 0. The van der Waals surface area contributed by atoms with Crippen molar-refractivity contribution < 1.29 is 27.4 Å². The first-order valence-electron chi connectivity index (χ1n) is 13.2. The summed E-state index contributed by atoms with van der Waals surface area (Å²) in [4.78, 5) is 0. The maximum Gasteiger partial charge on any atom is 0.285 e. The van der Waals surface area contributed by atoms with Crippen molar-refractivity contribution >= 4 is 5.57 Å². The molecule has 3 saturated heterocycles. The Morgan fingerprint density at radius 3 is 2.06 bits per heavy atom. The van der Waals surface area contributed by atoms with Crippen molar-refractivity contribution in [3.8, 4) is 0 Å². The molecule has 1 saturated carbocycles. The van der Waals surface area contributed by atoms with E-state index in [9.17, 15) is 13.2 Å². The molecule has 1 aromatic carbocycles. The van der Waals surface area contributed by atoms with Gasteiger partial charge in [0.15, 0.2) is 17.5 Å². The summed E-state index contributed by atoms with van der Waals surface area (Å²) in [5.41, 5.74) is 1.42. The van der Waals surface area contributed by atoms with E-state index in [-0.39, 0.29) is 11.3 Å². The van der Waals surface area contributed by atoms with Crippen LogP contribution in [0.4, 0.5) is 13.2 Å². The van der Waals surface area contributed by atoms with Crippen molar-refractivity contribution in [3.05, 3.63) is 41.2 Å².